The van der Waals surface area contributed by atoms with Gasteiger partial charge in [0.2, 0.25) is 0 Å². The molecule has 1 aromatic rings. The van der Waals surface area contributed by atoms with Crippen molar-refractivity contribution in [1.82, 2.24) is 0 Å². The van der Waals surface area contributed by atoms with Crippen LogP contribution < -0.4 is 4.74 Å². The maximum Gasteiger partial charge on any atom is 0.143 e. The van der Waals surface area contributed by atoms with Gasteiger partial charge in [0, 0.05) is 5.56 Å². The van der Waals surface area contributed by atoms with Gasteiger partial charge < -0.3 is 9.84 Å². The molecule has 0 aromatic heterocycles. The number of rotatable bonds is 2. The summed E-state index contributed by atoms with van der Waals surface area (Å²) in [5.41, 5.74) is 3.25. The molecular weight excluding hydrogens is 200 g/mol. The molecule has 0 saturated heterocycles. The monoisotopic (exact) mass is 212 g/mol. The van der Waals surface area contributed by atoms with E-state index in [-0.39, 0.29) is 6.61 Å². The number of benzene rings is 1. The summed E-state index contributed by atoms with van der Waals surface area (Å²) in [4.78, 5) is 0. The van der Waals surface area contributed by atoms with Gasteiger partial charge in [0.25, 0.3) is 0 Å². The molecule has 0 heterocycles. The first-order valence-electron chi connectivity index (χ1n) is 4.76. The van der Waals surface area contributed by atoms with Crippen LogP contribution in [0.4, 0.5) is 0 Å². The largest absolute Gasteiger partial charge is 0.495 e. The van der Waals surface area contributed by atoms with Crippen molar-refractivity contribution >= 4 is 11.6 Å². The highest BCUT2D eigenvalue weighted by atomic mass is 35.5. The molecule has 0 aliphatic heterocycles. The second-order valence-electron chi connectivity index (χ2n) is 3.53. The van der Waals surface area contributed by atoms with Gasteiger partial charge in [-0.15, -0.1) is 0 Å². The topological polar surface area (TPSA) is 29.5 Å². The number of ether oxygens (including phenoxy) is 1. The molecule has 0 amide bonds. The van der Waals surface area contributed by atoms with Crippen molar-refractivity contribution in [3.63, 3.8) is 0 Å². The second kappa shape index (κ2) is 3.79. The number of aliphatic hydroxyl groups excluding tert-OH is 1. The van der Waals surface area contributed by atoms with E-state index in [4.69, 9.17) is 21.4 Å². The van der Waals surface area contributed by atoms with Gasteiger partial charge in [0.1, 0.15) is 5.75 Å². The summed E-state index contributed by atoms with van der Waals surface area (Å²) >= 11 is 6.20. The van der Waals surface area contributed by atoms with Crippen LogP contribution in [0.25, 0.3) is 0 Å². The Labute approximate surface area is 88.5 Å². The number of hydrogen-bond donors (Lipinski definition) is 1. The maximum atomic E-state index is 9.17. The summed E-state index contributed by atoms with van der Waals surface area (Å²) in [5, 5.41) is 9.85. The highest BCUT2D eigenvalue weighted by Gasteiger charge is 2.20. The smallest absolute Gasteiger partial charge is 0.143 e. The molecule has 0 radical (unpaired) electrons. The van der Waals surface area contributed by atoms with Crippen LogP contribution >= 0.6 is 11.6 Å². The quantitative estimate of drug-likeness (QED) is 0.816. The van der Waals surface area contributed by atoms with Crippen molar-refractivity contribution in [2.45, 2.75) is 25.9 Å². The molecule has 1 aromatic carbocycles. The fourth-order valence-corrected chi connectivity index (χ4v) is 2.48. The third-order valence-corrected chi connectivity index (χ3v) is 3.14. The molecule has 2 rings (SSSR count). The number of aliphatic hydroxyl groups is 1. The van der Waals surface area contributed by atoms with E-state index in [2.05, 4.69) is 0 Å². The Morgan fingerprint density at radius 2 is 2.29 bits per heavy atom. The number of halogens is 1. The van der Waals surface area contributed by atoms with E-state index in [9.17, 15) is 0 Å². The van der Waals surface area contributed by atoms with Gasteiger partial charge in [0.05, 0.1) is 18.7 Å². The Balaban J connectivity index is 2.60. The lowest BCUT2D eigenvalue weighted by Gasteiger charge is -2.12. The predicted octanol–water partition coefficient (Wildman–Crippen LogP) is 2.33. The number of methoxy groups -OCH3 is 1. The van der Waals surface area contributed by atoms with Crippen LogP contribution in [0, 0.1) is 0 Å². The minimum atomic E-state index is -0.0177. The summed E-state index contributed by atoms with van der Waals surface area (Å²) in [6.45, 7) is -0.0177. The van der Waals surface area contributed by atoms with Crippen molar-refractivity contribution in [2.24, 2.45) is 0 Å². The van der Waals surface area contributed by atoms with E-state index >= 15 is 0 Å². The lowest BCUT2D eigenvalue weighted by Crippen LogP contribution is -1.97. The fraction of sp³-hybridized carbons (Fsp3) is 0.455. The van der Waals surface area contributed by atoms with Crippen LogP contribution in [0.3, 0.4) is 0 Å². The zero-order chi connectivity index (χ0) is 10.1. The first-order chi connectivity index (χ1) is 6.77. The lowest BCUT2D eigenvalue weighted by molar-refractivity contribution is 0.273. The minimum absolute atomic E-state index is 0.0177. The highest BCUT2D eigenvalue weighted by Crippen LogP contribution is 2.38. The molecular formula is C11H13ClO2. The summed E-state index contributed by atoms with van der Waals surface area (Å²) in [6.07, 6.45) is 3.23. The first-order valence-corrected chi connectivity index (χ1v) is 5.13. The lowest BCUT2D eigenvalue weighted by atomic mass is 10.1. The Bertz CT molecular complexity index is 361. The molecule has 0 unspecified atom stereocenters. The SMILES string of the molecule is COc1c(CO)cc2c(c1Cl)CCC2. The van der Waals surface area contributed by atoms with Gasteiger partial charge in [-0.3, -0.25) is 0 Å². The summed E-state index contributed by atoms with van der Waals surface area (Å²) in [7, 11) is 1.59. The fourth-order valence-electron chi connectivity index (χ4n) is 2.07. The van der Waals surface area contributed by atoms with Crippen molar-refractivity contribution in [2.75, 3.05) is 7.11 Å². The Hall–Kier alpha value is -0.730. The Morgan fingerprint density at radius 3 is 2.93 bits per heavy atom. The van der Waals surface area contributed by atoms with Crippen LogP contribution in [0.5, 0.6) is 5.75 Å². The minimum Gasteiger partial charge on any atom is -0.495 e. The summed E-state index contributed by atoms with van der Waals surface area (Å²) in [5.74, 6) is 0.634. The van der Waals surface area contributed by atoms with Crippen molar-refractivity contribution in [3.8, 4) is 5.75 Å². The van der Waals surface area contributed by atoms with Gasteiger partial charge in [-0.1, -0.05) is 11.6 Å². The van der Waals surface area contributed by atoms with Crippen LogP contribution in [0.2, 0.25) is 5.02 Å². The molecule has 2 nitrogen and oxygen atoms in total. The zero-order valence-electron chi connectivity index (χ0n) is 8.14. The first kappa shape index (κ1) is 9.81. The maximum absolute atomic E-state index is 9.17. The highest BCUT2D eigenvalue weighted by molar-refractivity contribution is 6.33. The number of aryl methyl sites for hydroxylation is 1. The van der Waals surface area contributed by atoms with E-state index in [1.165, 1.54) is 11.1 Å². The molecule has 76 valence electrons. The van der Waals surface area contributed by atoms with E-state index < -0.39 is 0 Å². The van der Waals surface area contributed by atoms with E-state index in [0.717, 1.165) is 24.8 Å². The third-order valence-electron chi connectivity index (χ3n) is 2.74. The van der Waals surface area contributed by atoms with Gasteiger partial charge in [-0.2, -0.15) is 0 Å². The van der Waals surface area contributed by atoms with Crippen LogP contribution in [0.15, 0.2) is 6.07 Å². The molecule has 1 N–H and O–H groups in total. The van der Waals surface area contributed by atoms with Crippen molar-refractivity contribution < 1.29 is 9.84 Å². The third kappa shape index (κ3) is 1.39. The zero-order valence-corrected chi connectivity index (χ0v) is 8.90. The average molecular weight is 213 g/mol. The van der Waals surface area contributed by atoms with Gasteiger partial charge >= 0.3 is 0 Å². The molecule has 14 heavy (non-hydrogen) atoms. The molecule has 1 aliphatic carbocycles. The summed E-state index contributed by atoms with van der Waals surface area (Å²) < 4.78 is 5.20. The van der Waals surface area contributed by atoms with E-state index in [1.54, 1.807) is 7.11 Å². The van der Waals surface area contributed by atoms with Gasteiger partial charge in [-0.05, 0) is 36.5 Å². The molecule has 1 aliphatic rings. The predicted molar refractivity (Wildman–Crippen MR) is 56.0 cm³/mol. The summed E-state index contributed by atoms with van der Waals surface area (Å²) in [6, 6.07) is 2.01. The molecule has 0 spiro atoms. The van der Waals surface area contributed by atoms with Crippen molar-refractivity contribution in [1.29, 1.82) is 0 Å². The molecule has 0 fully saturated rings. The van der Waals surface area contributed by atoms with Gasteiger partial charge in [-0.25, -0.2) is 0 Å². The van der Waals surface area contributed by atoms with Crippen LogP contribution in [0.1, 0.15) is 23.1 Å². The number of fused-ring (bicyclic) bond motifs is 1. The van der Waals surface area contributed by atoms with Crippen LogP contribution in [-0.4, -0.2) is 12.2 Å². The molecule has 3 heteroatoms. The van der Waals surface area contributed by atoms with Gasteiger partial charge in [0.15, 0.2) is 0 Å². The molecule has 0 bridgehead atoms. The molecule has 0 saturated carbocycles. The van der Waals surface area contributed by atoms with E-state index in [0.29, 0.717) is 10.8 Å². The van der Waals surface area contributed by atoms with E-state index in [1.807, 2.05) is 6.07 Å². The average Bonchev–Trinajstić information content (AvgIpc) is 2.65. The Morgan fingerprint density at radius 1 is 1.50 bits per heavy atom. The Kier molecular flexibility index (Phi) is 2.66. The second-order valence-corrected chi connectivity index (χ2v) is 3.91. The molecule has 0 atom stereocenters. The number of hydrogen-bond acceptors (Lipinski definition) is 2. The normalized spacial score (nSPS) is 14.2. The standard InChI is InChI=1S/C11H13ClO2/c1-14-11-8(6-13)5-7-3-2-4-9(7)10(11)12/h5,13H,2-4,6H2,1H3. The van der Waals surface area contributed by atoms with Crippen LogP contribution in [-0.2, 0) is 19.4 Å². The van der Waals surface area contributed by atoms with Crippen molar-refractivity contribution in [3.05, 3.63) is 27.8 Å².